The lowest BCUT2D eigenvalue weighted by Crippen LogP contribution is -2.25. The van der Waals surface area contributed by atoms with Crippen LogP contribution in [0.25, 0.3) is 0 Å². The van der Waals surface area contributed by atoms with Crippen LogP contribution in [0.2, 0.25) is 0 Å². The number of hydrogen-bond donors (Lipinski definition) is 2. The predicted octanol–water partition coefficient (Wildman–Crippen LogP) is 1.34. The molecule has 0 bridgehead atoms. The quantitative estimate of drug-likeness (QED) is 0.373. The van der Waals surface area contributed by atoms with Gasteiger partial charge >= 0.3 is 0 Å². The van der Waals surface area contributed by atoms with Crippen molar-refractivity contribution >= 4 is 30.3 Å². The number of thioether (sulfide) groups is 1. The Morgan fingerprint density at radius 1 is 1.67 bits per heavy atom. The first kappa shape index (κ1) is 11.9. The molecule has 0 aromatic rings. The minimum absolute atomic E-state index is 0.0872. The second kappa shape index (κ2) is 9.00. The molecule has 12 heavy (non-hydrogen) atoms. The largest absolute Gasteiger partial charge is 0.355 e. The van der Waals surface area contributed by atoms with Gasteiger partial charge in [-0.05, 0) is 5.75 Å². The Morgan fingerprint density at radius 3 is 3.00 bits per heavy atom. The fraction of sp³-hybridized carbons (Fsp3) is 0.625. The SMILES string of the molecule is C=CCSCCNC(=O)CCS. The van der Waals surface area contributed by atoms with Gasteiger partial charge in [-0.1, -0.05) is 6.08 Å². The molecule has 0 rings (SSSR count). The van der Waals surface area contributed by atoms with Crippen molar-refractivity contribution in [3.05, 3.63) is 12.7 Å². The van der Waals surface area contributed by atoms with Gasteiger partial charge in [0.1, 0.15) is 0 Å². The van der Waals surface area contributed by atoms with Gasteiger partial charge in [-0.2, -0.15) is 24.4 Å². The normalized spacial score (nSPS) is 9.42. The average Bonchev–Trinajstić information content (AvgIpc) is 2.05. The van der Waals surface area contributed by atoms with Gasteiger partial charge in [0.15, 0.2) is 0 Å². The summed E-state index contributed by atoms with van der Waals surface area (Å²) in [7, 11) is 0. The molecular weight excluding hydrogens is 190 g/mol. The van der Waals surface area contributed by atoms with Crippen LogP contribution in [0.15, 0.2) is 12.7 Å². The second-order valence-corrected chi connectivity index (χ2v) is 3.78. The Hall–Kier alpha value is -0.0900. The van der Waals surface area contributed by atoms with E-state index < -0.39 is 0 Å². The fourth-order valence-electron chi connectivity index (χ4n) is 0.619. The van der Waals surface area contributed by atoms with Gasteiger partial charge in [0, 0.05) is 24.5 Å². The first-order valence-electron chi connectivity index (χ1n) is 3.87. The number of carbonyl (C=O) groups is 1. The summed E-state index contributed by atoms with van der Waals surface area (Å²) < 4.78 is 0. The maximum atomic E-state index is 10.9. The molecule has 1 N–H and O–H groups in total. The molecular formula is C8H15NOS2. The minimum Gasteiger partial charge on any atom is -0.355 e. The van der Waals surface area contributed by atoms with Crippen molar-refractivity contribution in [3.8, 4) is 0 Å². The van der Waals surface area contributed by atoms with Crippen LogP contribution in [0.1, 0.15) is 6.42 Å². The first-order valence-corrected chi connectivity index (χ1v) is 5.66. The van der Waals surface area contributed by atoms with E-state index in [0.717, 1.165) is 18.1 Å². The third kappa shape index (κ3) is 8.01. The lowest BCUT2D eigenvalue weighted by molar-refractivity contribution is -0.120. The van der Waals surface area contributed by atoms with Crippen molar-refractivity contribution < 1.29 is 4.79 Å². The second-order valence-electron chi connectivity index (χ2n) is 2.19. The lowest BCUT2D eigenvalue weighted by Gasteiger charge is -2.02. The number of thiol groups is 1. The molecule has 0 spiro atoms. The summed E-state index contributed by atoms with van der Waals surface area (Å²) in [5.74, 6) is 2.60. The number of nitrogens with one attached hydrogen (secondary N) is 1. The summed E-state index contributed by atoms with van der Waals surface area (Å²) in [6.45, 7) is 4.35. The average molecular weight is 205 g/mol. The van der Waals surface area contributed by atoms with E-state index in [9.17, 15) is 4.79 Å². The number of rotatable bonds is 7. The van der Waals surface area contributed by atoms with E-state index >= 15 is 0 Å². The van der Waals surface area contributed by atoms with E-state index in [-0.39, 0.29) is 5.91 Å². The Labute approximate surface area is 83.6 Å². The van der Waals surface area contributed by atoms with Crippen molar-refractivity contribution in [2.24, 2.45) is 0 Å². The highest BCUT2D eigenvalue weighted by Crippen LogP contribution is 1.97. The van der Waals surface area contributed by atoms with Gasteiger partial charge in [0.05, 0.1) is 0 Å². The molecule has 70 valence electrons. The highest BCUT2D eigenvalue weighted by Gasteiger charge is 1.96. The summed E-state index contributed by atoms with van der Waals surface area (Å²) in [6, 6.07) is 0. The number of hydrogen-bond acceptors (Lipinski definition) is 3. The van der Waals surface area contributed by atoms with Crippen LogP contribution in [0.4, 0.5) is 0 Å². The van der Waals surface area contributed by atoms with Crippen LogP contribution < -0.4 is 5.32 Å². The number of carbonyl (C=O) groups excluding carboxylic acids is 1. The molecule has 0 radical (unpaired) electrons. The Bertz CT molecular complexity index is 139. The van der Waals surface area contributed by atoms with E-state index in [4.69, 9.17) is 0 Å². The van der Waals surface area contributed by atoms with E-state index in [1.165, 1.54) is 0 Å². The van der Waals surface area contributed by atoms with E-state index in [1.54, 1.807) is 11.8 Å². The molecule has 0 fully saturated rings. The van der Waals surface area contributed by atoms with Gasteiger partial charge in [-0.15, -0.1) is 6.58 Å². The first-order chi connectivity index (χ1) is 5.81. The standard InChI is InChI=1S/C8H15NOS2/c1-2-6-12-7-4-9-8(10)3-5-11/h2,11H,1,3-7H2,(H,9,10). The molecule has 0 aromatic heterocycles. The smallest absolute Gasteiger partial charge is 0.220 e. The molecule has 0 heterocycles. The molecule has 0 aliphatic carbocycles. The Kier molecular flexibility index (Phi) is 8.93. The zero-order valence-electron chi connectivity index (χ0n) is 7.08. The van der Waals surface area contributed by atoms with Crippen molar-refractivity contribution in [2.75, 3.05) is 23.8 Å². The van der Waals surface area contributed by atoms with E-state index in [2.05, 4.69) is 24.5 Å². The molecule has 0 aliphatic heterocycles. The zero-order chi connectivity index (χ0) is 9.23. The summed E-state index contributed by atoms with van der Waals surface area (Å²) in [5.41, 5.74) is 0. The third-order valence-corrected chi connectivity index (χ3v) is 2.33. The van der Waals surface area contributed by atoms with Gasteiger partial charge in [-0.25, -0.2) is 0 Å². The topological polar surface area (TPSA) is 29.1 Å². The summed E-state index contributed by atoms with van der Waals surface area (Å²) in [4.78, 5) is 10.9. The fourth-order valence-corrected chi connectivity index (χ4v) is 1.40. The van der Waals surface area contributed by atoms with Gasteiger partial charge in [0.25, 0.3) is 0 Å². The number of amides is 1. The van der Waals surface area contributed by atoms with Crippen molar-refractivity contribution in [2.45, 2.75) is 6.42 Å². The Morgan fingerprint density at radius 2 is 2.42 bits per heavy atom. The van der Waals surface area contributed by atoms with Crippen molar-refractivity contribution in [1.29, 1.82) is 0 Å². The van der Waals surface area contributed by atoms with Gasteiger partial charge in [0.2, 0.25) is 5.91 Å². The highest BCUT2D eigenvalue weighted by molar-refractivity contribution is 7.99. The monoisotopic (exact) mass is 205 g/mol. The molecule has 0 aliphatic rings. The third-order valence-electron chi connectivity index (χ3n) is 1.14. The van der Waals surface area contributed by atoms with E-state index in [1.807, 2.05) is 6.08 Å². The highest BCUT2D eigenvalue weighted by atomic mass is 32.2. The van der Waals surface area contributed by atoms with Crippen LogP contribution in [0.5, 0.6) is 0 Å². The van der Waals surface area contributed by atoms with Crippen LogP contribution in [-0.2, 0) is 4.79 Å². The predicted molar refractivity (Wildman–Crippen MR) is 59.0 cm³/mol. The molecule has 2 nitrogen and oxygen atoms in total. The molecule has 0 aromatic carbocycles. The van der Waals surface area contributed by atoms with E-state index in [0.29, 0.717) is 12.2 Å². The Balaban J connectivity index is 3.08. The maximum absolute atomic E-state index is 10.9. The minimum atomic E-state index is 0.0872. The van der Waals surface area contributed by atoms with Gasteiger partial charge in [-0.3, -0.25) is 4.79 Å². The molecule has 0 unspecified atom stereocenters. The van der Waals surface area contributed by atoms with Gasteiger partial charge < -0.3 is 5.32 Å². The molecule has 0 saturated carbocycles. The summed E-state index contributed by atoms with van der Waals surface area (Å²) in [6.07, 6.45) is 2.37. The molecule has 0 saturated heterocycles. The zero-order valence-corrected chi connectivity index (χ0v) is 8.79. The van der Waals surface area contributed by atoms with Crippen LogP contribution in [0.3, 0.4) is 0 Å². The molecule has 1 amide bonds. The maximum Gasteiger partial charge on any atom is 0.220 e. The summed E-state index contributed by atoms with van der Waals surface area (Å²) in [5, 5.41) is 2.80. The summed E-state index contributed by atoms with van der Waals surface area (Å²) >= 11 is 5.72. The van der Waals surface area contributed by atoms with Crippen molar-refractivity contribution in [3.63, 3.8) is 0 Å². The van der Waals surface area contributed by atoms with Crippen molar-refractivity contribution in [1.82, 2.24) is 5.32 Å². The lowest BCUT2D eigenvalue weighted by atomic mass is 10.4. The van der Waals surface area contributed by atoms with Crippen LogP contribution in [0, 0.1) is 0 Å². The molecule has 4 heteroatoms. The van der Waals surface area contributed by atoms with Crippen LogP contribution in [-0.4, -0.2) is 29.7 Å². The van der Waals surface area contributed by atoms with Crippen LogP contribution >= 0.6 is 24.4 Å². The molecule has 0 atom stereocenters.